The van der Waals surface area contributed by atoms with Crippen LogP contribution in [0.15, 0.2) is 18.2 Å². The van der Waals surface area contributed by atoms with Crippen molar-refractivity contribution in [1.29, 1.82) is 0 Å². The van der Waals surface area contributed by atoms with Crippen molar-refractivity contribution < 1.29 is 9.50 Å². The van der Waals surface area contributed by atoms with Crippen LogP contribution in [0.1, 0.15) is 19.4 Å². The Labute approximate surface area is 83.8 Å². The normalized spacial score (nSPS) is 10.6. The minimum absolute atomic E-state index is 0.141. The summed E-state index contributed by atoms with van der Waals surface area (Å²) < 4.78 is 12.8. The Kier molecular flexibility index (Phi) is 3.89. The fourth-order valence-corrected chi connectivity index (χ4v) is 1.18. The number of nitrogens with one attached hydrogen (secondary N) is 1. The van der Waals surface area contributed by atoms with Gasteiger partial charge in [-0.2, -0.15) is 0 Å². The number of hydrogen-bond acceptors (Lipinski definition) is 2. The van der Waals surface area contributed by atoms with Crippen molar-refractivity contribution >= 4 is 5.69 Å². The molecule has 0 aliphatic heterocycles. The largest absolute Gasteiger partial charge is 0.392 e. The van der Waals surface area contributed by atoms with Crippen molar-refractivity contribution in [3.8, 4) is 0 Å². The van der Waals surface area contributed by atoms with Crippen molar-refractivity contribution in [2.24, 2.45) is 5.92 Å². The van der Waals surface area contributed by atoms with Crippen LogP contribution in [0.25, 0.3) is 0 Å². The first kappa shape index (κ1) is 11.0. The molecule has 0 saturated carbocycles. The molecule has 0 amide bonds. The van der Waals surface area contributed by atoms with E-state index >= 15 is 0 Å². The molecule has 0 fully saturated rings. The van der Waals surface area contributed by atoms with Gasteiger partial charge in [0, 0.05) is 17.8 Å². The third kappa shape index (κ3) is 3.00. The molecule has 0 aromatic heterocycles. The Balaban J connectivity index is 2.75. The molecule has 0 heterocycles. The first-order valence-corrected chi connectivity index (χ1v) is 4.76. The maximum atomic E-state index is 12.8. The number of halogens is 1. The molecule has 2 nitrogen and oxygen atoms in total. The Hall–Kier alpha value is -1.09. The molecule has 1 aromatic rings. The zero-order valence-corrected chi connectivity index (χ0v) is 8.55. The maximum absolute atomic E-state index is 12.8. The number of aliphatic hydroxyl groups excluding tert-OH is 1. The van der Waals surface area contributed by atoms with E-state index in [9.17, 15) is 4.39 Å². The topological polar surface area (TPSA) is 32.3 Å². The van der Waals surface area contributed by atoms with E-state index in [0.717, 1.165) is 12.2 Å². The average Bonchev–Trinajstić information content (AvgIpc) is 2.15. The van der Waals surface area contributed by atoms with Gasteiger partial charge in [-0.3, -0.25) is 0 Å². The molecular weight excluding hydrogens is 181 g/mol. The summed E-state index contributed by atoms with van der Waals surface area (Å²) >= 11 is 0. The summed E-state index contributed by atoms with van der Waals surface area (Å²) in [5.41, 5.74) is 1.41. The first-order valence-electron chi connectivity index (χ1n) is 4.76. The van der Waals surface area contributed by atoms with Gasteiger partial charge in [-0.05, 0) is 24.1 Å². The molecule has 2 N–H and O–H groups in total. The molecule has 0 aliphatic rings. The van der Waals surface area contributed by atoms with E-state index in [4.69, 9.17) is 5.11 Å². The highest BCUT2D eigenvalue weighted by molar-refractivity contribution is 5.51. The standard InChI is InChI=1S/C11H16FNO/c1-8(2)6-13-11-4-3-10(12)5-9(11)7-14/h3-5,8,13-14H,6-7H2,1-2H3. The fourth-order valence-electron chi connectivity index (χ4n) is 1.18. The van der Waals surface area contributed by atoms with Gasteiger partial charge in [-0.1, -0.05) is 13.8 Å². The summed E-state index contributed by atoms with van der Waals surface area (Å²) in [6, 6.07) is 4.40. The van der Waals surface area contributed by atoms with Gasteiger partial charge in [0.05, 0.1) is 6.61 Å². The molecule has 1 rings (SSSR count). The van der Waals surface area contributed by atoms with Crippen LogP contribution in [0.2, 0.25) is 0 Å². The van der Waals surface area contributed by atoms with E-state index in [1.807, 2.05) is 0 Å². The highest BCUT2D eigenvalue weighted by Crippen LogP contribution is 2.17. The lowest BCUT2D eigenvalue weighted by Gasteiger charge is -2.12. The third-order valence-corrected chi connectivity index (χ3v) is 1.94. The van der Waals surface area contributed by atoms with Crippen LogP contribution in [-0.2, 0) is 6.61 Å². The summed E-state index contributed by atoms with van der Waals surface area (Å²) in [5.74, 6) is 0.204. The number of benzene rings is 1. The van der Waals surface area contributed by atoms with Crippen LogP contribution in [0, 0.1) is 11.7 Å². The monoisotopic (exact) mass is 197 g/mol. The van der Waals surface area contributed by atoms with E-state index in [-0.39, 0.29) is 12.4 Å². The Morgan fingerprint density at radius 2 is 2.14 bits per heavy atom. The Morgan fingerprint density at radius 1 is 1.43 bits per heavy atom. The molecule has 78 valence electrons. The number of aliphatic hydroxyl groups is 1. The predicted octanol–water partition coefficient (Wildman–Crippen LogP) is 2.39. The molecule has 0 atom stereocenters. The van der Waals surface area contributed by atoms with E-state index in [0.29, 0.717) is 11.5 Å². The van der Waals surface area contributed by atoms with Gasteiger partial charge in [0.15, 0.2) is 0 Å². The van der Waals surface area contributed by atoms with Crippen molar-refractivity contribution in [2.75, 3.05) is 11.9 Å². The molecule has 0 aliphatic carbocycles. The molecule has 14 heavy (non-hydrogen) atoms. The third-order valence-electron chi connectivity index (χ3n) is 1.94. The van der Waals surface area contributed by atoms with Gasteiger partial charge in [0.2, 0.25) is 0 Å². The van der Waals surface area contributed by atoms with E-state index in [2.05, 4.69) is 19.2 Å². The number of hydrogen-bond donors (Lipinski definition) is 2. The highest BCUT2D eigenvalue weighted by atomic mass is 19.1. The quantitative estimate of drug-likeness (QED) is 0.776. The summed E-state index contributed by atoms with van der Waals surface area (Å²) in [5, 5.41) is 12.2. The van der Waals surface area contributed by atoms with E-state index < -0.39 is 0 Å². The van der Waals surface area contributed by atoms with Gasteiger partial charge in [0.1, 0.15) is 5.82 Å². The average molecular weight is 197 g/mol. The zero-order chi connectivity index (χ0) is 10.6. The maximum Gasteiger partial charge on any atom is 0.123 e. The molecule has 0 unspecified atom stereocenters. The summed E-state index contributed by atoms with van der Waals surface area (Å²) in [7, 11) is 0. The molecule has 0 saturated heterocycles. The molecule has 0 bridgehead atoms. The first-order chi connectivity index (χ1) is 6.63. The molecule has 3 heteroatoms. The number of rotatable bonds is 4. The van der Waals surface area contributed by atoms with Crippen LogP contribution in [0.3, 0.4) is 0 Å². The lowest BCUT2D eigenvalue weighted by Crippen LogP contribution is -2.09. The summed E-state index contributed by atoms with van der Waals surface area (Å²) in [4.78, 5) is 0. The Bertz CT molecular complexity index is 299. The second kappa shape index (κ2) is 4.96. The van der Waals surface area contributed by atoms with Crippen LogP contribution in [-0.4, -0.2) is 11.7 Å². The van der Waals surface area contributed by atoms with Crippen LogP contribution in [0.5, 0.6) is 0 Å². The highest BCUT2D eigenvalue weighted by Gasteiger charge is 2.03. The number of anilines is 1. The van der Waals surface area contributed by atoms with Crippen molar-refractivity contribution in [1.82, 2.24) is 0 Å². The van der Waals surface area contributed by atoms with Crippen molar-refractivity contribution in [3.63, 3.8) is 0 Å². The van der Waals surface area contributed by atoms with Gasteiger partial charge >= 0.3 is 0 Å². The van der Waals surface area contributed by atoms with E-state index in [1.54, 1.807) is 6.07 Å². The lowest BCUT2D eigenvalue weighted by atomic mass is 10.1. The molecule has 0 spiro atoms. The second-order valence-electron chi connectivity index (χ2n) is 3.73. The summed E-state index contributed by atoms with van der Waals surface area (Å²) in [6.07, 6.45) is 0. The van der Waals surface area contributed by atoms with Gasteiger partial charge in [0.25, 0.3) is 0 Å². The summed E-state index contributed by atoms with van der Waals surface area (Å²) in [6.45, 7) is 4.86. The lowest BCUT2D eigenvalue weighted by molar-refractivity contribution is 0.282. The smallest absolute Gasteiger partial charge is 0.123 e. The zero-order valence-electron chi connectivity index (χ0n) is 8.55. The Morgan fingerprint density at radius 3 is 2.71 bits per heavy atom. The van der Waals surface area contributed by atoms with Gasteiger partial charge < -0.3 is 10.4 Å². The van der Waals surface area contributed by atoms with Crippen LogP contribution >= 0.6 is 0 Å². The van der Waals surface area contributed by atoms with Gasteiger partial charge in [-0.25, -0.2) is 4.39 Å². The van der Waals surface area contributed by atoms with Crippen molar-refractivity contribution in [3.05, 3.63) is 29.6 Å². The molecular formula is C11H16FNO. The van der Waals surface area contributed by atoms with Crippen LogP contribution < -0.4 is 5.32 Å². The minimum Gasteiger partial charge on any atom is -0.392 e. The van der Waals surface area contributed by atoms with E-state index in [1.165, 1.54) is 12.1 Å². The van der Waals surface area contributed by atoms with Crippen LogP contribution in [0.4, 0.5) is 10.1 Å². The fraction of sp³-hybridized carbons (Fsp3) is 0.455. The SMILES string of the molecule is CC(C)CNc1ccc(F)cc1CO. The predicted molar refractivity (Wildman–Crippen MR) is 55.7 cm³/mol. The second-order valence-corrected chi connectivity index (χ2v) is 3.73. The minimum atomic E-state index is -0.316. The molecule has 0 radical (unpaired) electrons. The molecule has 1 aromatic carbocycles. The van der Waals surface area contributed by atoms with Gasteiger partial charge in [-0.15, -0.1) is 0 Å². The van der Waals surface area contributed by atoms with Crippen molar-refractivity contribution in [2.45, 2.75) is 20.5 Å².